The Morgan fingerprint density at radius 3 is 1.39 bits per heavy atom. The van der Waals surface area contributed by atoms with Gasteiger partial charge in [0.25, 0.3) is 0 Å². The quantitative estimate of drug-likeness (QED) is 0.366. The summed E-state index contributed by atoms with van der Waals surface area (Å²) < 4.78 is 4.41. The van der Waals surface area contributed by atoms with Crippen molar-refractivity contribution in [3.05, 3.63) is 91.0 Å². The molecule has 0 fully saturated rings. The predicted molar refractivity (Wildman–Crippen MR) is 127 cm³/mol. The topological polar surface area (TPSA) is 26.3 Å². The fourth-order valence-corrected chi connectivity index (χ4v) is 4.91. The molecule has 3 rings (SSSR count). The minimum atomic E-state index is -0.446. The van der Waals surface area contributed by atoms with Crippen molar-refractivity contribution in [1.29, 1.82) is 0 Å². The normalized spacial score (nSPS) is 9.68. The predicted octanol–water partition coefficient (Wildman–Crippen LogP) is 5.37. The fraction of sp³-hybridized carbons (Fsp3) is 0.208. The van der Waals surface area contributed by atoms with Crippen LogP contribution in [0.4, 0.5) is 0 Å². The van der Waals surface area contributed by atoms with Gasteiger partial charge in [-0.3, -0.25) is 4.79 Å². The molecule has 2 nitrogen and oxygen atoms in total. The van der Waals surface area contributed by atoms with E-state index in [1.165, 1.54) is 23.0 Å². The van der Waals surface area contributed by atoms with Gasteiger partial charge in [0.15, 0.2) is 0 Å². The van der Waals surface area contributed by atoms with Crippen LogP contribution in [0, 0.1) is 0 Å². The van der Waals surface area contributed by atoms with Crippen LogP contribution >= 0.6 is 24.9 Å². The molecular weight excluding hydrogens is 431 g/mol. The van der Waals surface area contributed by atoms with Crippen LogP contribution in [-0.2, 0) is 9.53 Å². The number of methoxy groups -OCH3 is 1. The van der Waals surface area contributed by atoms with Gasteiger partial charge in [0, 0.05) is 6.42 Å². The second-order valence-corrected chi connectivity index (χ2v) is 8.24. The molecule has 0 aliphatic rings. The number of hydrogen-bond donors (Lipinski definition) is 0. The molecule has 0 saturated carbocycles. The minimum absolute atomic E-state index is 0. The monoisotopic (exact) mass is 458 g/mol. The second kappa shape index (κ2) is 14.1. The summed E-state index contributed by atoms with van der Waals surface area (Å²) >= 11 is 0. The Balaban J connectivity index is 0.000000376. The molecule has 0 N–H and O–H groups in total. The Morgan fingerprint density at radius 1 is 0.750 bits per heavy atom. The van der Waals surface area contributed by atoms with Gasteiger partial charge < -0.3 is 4.74 Å². The molecule has 28 heavy (non-hydrogen) atoms. The molecule has 0 aliphatic heterocycles. The maximum atomic E-state index is 10.3. The number of halogens is 1. The van der Waals surface area contributed by atoms with Crippen LogP contribution in [-0.4, -0.2) is 13.1 Å². The highest BCUT2D eigenvalue weighted by Crippen LogP contribution is 2.32. The zero-order valence-electron chi connectivity index (χ0n) is 16.5. The number of ether oxygens (including phenoxy) is 1. The molecule has 0 spiro atoms. The summed E-state index contributed by atoms with van der Waals surface area (Å²) in [6, 6.07) is 32.3. The maximum Gasteiger partial charge on any atom is 0.305 e. The average molecular weight is 459 g/mol. The van der Waals surface area contributed by atoms with E-state index in [0.717, 1.165) is 12.8 Å². The lowest BCUT2D eigenvalue weighted by atomic mass is 10.3. The highest BCUT2D eigenvalue weighted by molar-refractivity contribution is 8.93. The first-order valence-corrected chi connectivity index (χ1v) is 10.6. The van der Waals surface area contributed by atoms with Crippen LogP contribution in [0.25, 0.3) is 0 Å². The largest absolute Gasteiger partial charge is 0.469 e. The third-order valence-corrected chi connectivity index (χ3v) is 6.45. The van der Waals surface area contributed by atoms with Crippen LogP contribution in [0.2, 0.25) is 0 Å². The van der Waals surface area contributed by atoms with Crippen molar-refractivity contribution in [2.75, 3.05) is 7.11 Å². The van der Waals surface area contributed by atoms with Crippen LogP contribution in [0.1, 0.15) is 26.2 Å². The molecule has 3 aromatic rings. The van der Waals surface area contributed by atoms with E-state index < -0.39 is 7.92 Å². The van der Waals surface area contributed by atoms with Crippen molar-refractivity contribution in [2.45, 2.75) is 26.2 Å². The molecule has 0 bridgehead atoms. The molecule has 4 heteroatoms. The third-order valence-electron chi connectivity index (χ3n) is 4.01. The number of hydrogen-bond acceptors (Lipinski definition) is 2. The number of unbranched alkanes of at least 4 members (excludes halogenated alkanes) is 1. The standard InChI is InChI=1S/C18H15P.C6H12O2.BrH/c1-4-10-16(11-5-1)19(17-12-6-2-7-13-17)18-14-8-3-9-15-18;1-3-4-5-6(7)8-2;/h1-15H;3-5H2,1-2H3;1H. The average Bonchev–Trinajstić information content (AvgIpc) is 2.75. The zero-order chi connectivity index (χ0) is 19.3. The molecule has 0 radical (unpaired) electrons. The molecule has 0 amide bonds. The van der Waals surface area contributed by atoms with Gasteiger partial charge in [-0.2, -0.15) is 0 Å². The van der Waals surface area contributed by atoms with E-state index in [1.807, 2.05) is 6.92 Å². The Morgan fingerprint density at radius 2 is 1.11 bits per heavy atom. The van der Waals surface area contributed by atoms with E-state index in [9.17, 15) is 4.79 Å². The Hall–Kier alpha value is -1.96. The van der Waals surface area contributed by atoms with Gasteiger partial charge in [0.05, 0.1) is 7.11 Å². The lowest BCUT2D eigenvalue weighted by molar-refractivity contribution is -0.140. The van der Waals surface area contributed by atoms with E-state index in [2.05, 4.69) is 95.7 Å². The Kier molecular flexibility index (Phi) is 12.1. The highest BCUT2D eigenvalue weighted by Gasteiger charge is 2.14. The van der Waals surface area contributed by atoms with Crippen molar-refractivity contribution in [2.24, 2.45) is 0 Å². The summed E-state index contributed by atoms with van der Waals surface area (Å²) in [6.45, 7) is 2.04. The fourth-order valence-electron chi connectivity index (χ4n) is 2.60. The van der Waals surface area contributed by atoms with E-state index in [4.69, 9.17) is 0 Å². The van der Waals surface area contributed by atoms with Crippen LogP contribution in [0.15, 0.2) is 91.0 Å². The minimum Gasteiger partial charge on any atom is -0.469 e. The van der Waals surface area contributed by atoms with Gasteiger partial charge in [-0.05, 0) is 30.3 Å². The van der Waals surface area contributed by atoms with E-state index in [-0.39, 0.29) is 23.0 Å². The molecular formula is C24H28BrO2P. The maximum absolute atomic E-state index is 10.3. The van der Waals surface area contributed by atoms with E-state index in [0.29, 0.717) is 6.42 Å². The number of esters is 1. The van der Waals surface area contributed by atoms with Gasteiger partial charge in [0.2, 0.25) is 0 Å². The summed E-state index contributed by atoms with van der Waals surface area (Å²) in [4.78, 5) is 10.3. The lowest BCUT2D eigenvalue weighted by Gasteiger charge is -2.18. The number of carbonyl (C=O) groups excluding carboxylic acids is 1. The van der Waals surface area contributed by atoms with Crippen molar-refractivity contribution in [1.82, 2.24) is 0 Å². The molecule has 0 atom stereocenters. The Bertz CT molecular complexity index is 686. The summed E-state index contributed by atoms with van der Waals surface area (Å²) in [7, 11) is 0.969. The van der Waals surface area contributed by atoms with Crippen LogP contribution < -0.4 is 15.9 Å². The van der Waals surface area contributed by atoms with Crippen LogP contribution in [0.5, 0.6) is 0 Å². The lowest BCUT2D eigenvalue weighted by Crippen LogP contribution is -2.20. The van der Waals surface area contributed by atoms with Gasteiger partial charge in [-0.1, -0.05) is 104 Å². The first-order valence-electron chi connectivity index (χ1n) is 9.28. The Labute approximate surface area is 180 Å². The van der Waals surface area contributed by atoms with Crippen molar-refractivity contribution in [3.8, 4) is 0 Å². The molecule has 0 unspecified atom stereocenters. The van der Waals surface area contributed by atoms with E-state index in [1.54, 1.807) is 0 Å². The molecule has 0 aliphatic carbocycles. The zero-order valence-corrected chi connectivity index (χ0v) is 19.1. The molecule has 0 aromatic heterocycles. The first kappa shape index (κ1) is 24.1. The molecule has 148 valence electrons. The van der Waals surface area contributed by atoms with Crippen molar-refractivity contribution < 1.29 is 9.53 Å². The third kappa shape index (κ3) is 7.96. The number of carbonyl (C=O) groups is 1. The van der Waals surface area contributed by atoms with Gasteiger partial charge in [0.1, 0.15) is 0 Å². The smallest absolute Gasteiger partial charge is 0.305 e. The molecule has 0 heterocycles. The van der Waals surface area contributed by atoms with Crippen molar-refractivity contribution in [3.63, 3.8) is 0 Å². The highest BCUT2D eigenvalue weighted by atomic mass is 79.9. The second-order valence-electron chi connectivity index (χ2n) is 6.02. The van der Waals surface area contributed by atoms with Crippen LogP contribution in [0.3, 0.4) is 0 Å². The summed E-state index contributed by atoms with van der Waals surface area (Å²) in [6.07, 6.45) is 2.55. The number of benzene rings is 3. The SMILES string of the molecule is Br.CCCCC(=O)OC.c1ccc(P(c2ccccc2)c2ccccc2)cc1. The summed E-state index contributed by atoms with van der Waals surface area (Å²) in [5.74, 6) is -0.105. The summed E-state index contributed by atoms with van der Waals surface area (Å²) in [5.41, 5.74) is 0. The molecule has 0 saturated heterocycles. The van der Waals surface area contributed by atoms with Gasteiger partial charge in [-0.25, -0.2) is 0 Å². The van der Waals surface area contributed by atoms with Gasteiger partial charge >= 0.3 is 5.97 Å². The van der Waals surface area contributed by atoms with Crippen molar-refractivity contribution >= 4 is 46.8 Å². The van der Waals surface area contributed by atoms with E-state index >= 15 is 0 Å². The first-order chi connectivity index (χ1) is 13.3. The number of rotatable bonds is 6. The summed E-state index contributed by atoms with van der Waals surface area (Å²) in [5, 5.41) is 4.19. The molecule has 3 aromatic carbocycles. The van der Waals surface area contributed by atoms with Gasteiger partial charge in [-0.15, -0.1) is 17.0 Å².